The molecule has 10 nitrogen and oxygen atoms in total. The Labute approximate surface area is 294 Å². The molecule has 3 fully saturated rings. The normalized spacial score (nSPS) is 22.1. The van der Waals surface area contributed by atoms with Crippen LogP contribution in [0, 0.1) is 0 Å². The number of aliphatic hydroxyl groups excluding tert-OH is 1. The lowest BCUT2D eigenvalue weighted by Gasteiger charge is -2.41. The summed E-state index contributed by atoms with van der Waals surface area (Å²) in [6, 6.07) is 24.5. The Balaban J connectivity index is 1.06. The number of hydrogen-bond donors (Lipinski definition) is 3. The maximum Gasteiger partial charge on any atom is 0.303 e. The van der Waals surface area contributed by atoms with Gasteiger partial charge in [0, 0.05) is 63.8 Å². The smallest absolute Gasteiger partial charge is 0.303 e. The van der Waals surface area contributed by atoms with E-state index in [1.165, 1.54) is 0 Å². The predicted molar refractivity (Wildman–Crippen MR) is 188 cm³/mol. The molecule has 6 rings (SSSR count). The molecular weight excluding hydrogens is 636 g/mol. The second-order valence-electron chi connectivity index (χ2n) is 13.7. The first-order valence-corrected chi connectivity index (χ1v) is 18.1. The molecule has 3 heterocycles. The standard InChI is InChI=1S/C40H50N2O8/c43-28-29-10-12-32(13-11-29)36-25-35(27-42-20-18-40(19-21-42)47-22-23-48-40)49-39(50-36)33-16-14-31(15-17-33)34-7-5-6-30(24-34)26-41-37(44)8-3-1-2-4-9-38(45)46/h5-7,10-17,24,35-36,39,43H,1-4,8-9,18-23,25-28H2,(H,41,44)(H,45,46). The van der Waals surface area contributed by atoms with Crippen LogP contribution in [0.3, 0.4) is 0 Å². The number of unbranched alkanes of at least 4 members (excludes halogenated alkanes) is 3. The minimum atomic E-state index is -0.772. The summed E-state index contributed by atoms with van der Waals surface area (Å²) >= 11 is 0. The van der Waals surface area contributed by atoms with Crippen LogP contribution >= 0.6 is 0 Å². The van der Waals surface area contributed by atoms with E-state index in [9.17, 15) is 14.7 Å². The molecule has 0 bridgehead atoms. The second kappa shape index (κ2) is 17.5. The van der Waals surface area contributed by atoms with Crippen LogP contribution in [0.5, 0.6) is 0 Å². The Morgan fingerprint density at radius 2 is 1.50 bits per heavy atom. The Morgan fingerprint density at radius 3 is 2.20 bits per heavy atom. The summed E-state index contributed by atoms with van der Waals surface area (Å²) in [7, 11) is 0. The largest absolute Gasteiger partial charge is 0.481 e. The van der Waals surface area contributed by atoms with Crippen molar-refractivity contribution >= 4 is 11.9 Å². The molecule has 3 unspecified atom stereocenters. The molecule has 3 N–H and O–H groups in total. The van der Waals surface area contributed by atoms with Crippen LogP contribution in [0.15, 0.2) is 72.8 Å². The third kappa shape index (κ3) is 9.99. The zero-order chi connectivity index (χ0) is 34.8. The highest BCUT2D eigenvalue weighted by Crippen LogP contribution is 2.39. The summed E-state index contributed by atoms with van der Waals surface area (Å²) in [5.41, 5.74) is 6.04. The molecule has 3 aliphatic rings. The average Bonchev–Trinajstić information content (AvgIpc) is 3.61. The molecule has 0 radical (unpaired) electrons. The van der Waals surface area contributed by atoms with E-state index in [-0.39, 0.29) is 31.1 Å². The number of likely N-dealkylation sites (tertiary alicyclic amines) is 1. The fourth-order valence-electron chi connectivity index (χ4n) is 7.08. The number of aliphatic hydroxyl groups is 1. The van der Waals surface area contributed by atoms with Crippen LogP contribution in [0.4, 0.5) is 0 Å². The van der Waals surface area contributed by atoms with Crippen molar-refractivity contribution in [3.63, 3.8) is 0 Å². The number of nitrogens with zero attached hydrogens (tertiary/aromatic N) is 1. The van der Waals surface area contributed by atoms with Crippen molar-refractivity contribution in [2.75, 3.05) is 32.8 Å². The van der Waals surface area contributed by atoms with Crippen LogP contribution in [0.2, 0.25) is 0 Å². The number of rotatable bonds is 15. The van der Waals surface area contributed by atoms with Gasteiger partial charge in [0.05, 0.1) is 32.0 Å². The molecule has 0 aromatic heterocycles. The van der Waals surface area contributed by atoms with E-state index in [2.05, 4.69) is 46.6 Å². The molecule has 0 aliphatic carbocycles. The molecule has 0 saturated carbocycles. The molecule has 3 saturated heterocycles. The molecule has 1 spiro atoms. The molecule has 3 aromatic rings. The Kier molecular flexibility index (Phi) is 12.7. The number of carboxylic acid groups (broad SMARTS) is 1. The molecular formula is C40H50N2O8. The summed E-state index contributed by atoms with van der Waals surface area (Å²) in [5.74, 6) is -1.17. The van der Waals surface area contributed by atoms with E-state index >= 15 is 0 Å². The van der Waals surface area contributed by atoms with Crippen molar-refractivity contribution in [2.45, 2.75) is 95.2 Å². The Hall–Kier alpha value is -3.64. The first-order chi connectivity index (χ1) is 24.4. The van der Waals surface area contributed by atoms with Gasteiger partial charge in [0.1, 0.15) is 0 Å². The van der Waals surface area contributed by atoms with E-state index in [0.29, 0.717) is 32.6 Å². The van der Waals surface area contributed by atoms with Crippen LogP contribution in [-0.2, 0) is 41.7 Å². The predicted octanol–water partition coefficient (Wildman–Crippen LogP) is 6.27. The van der Waals surface area contributed by atoms with Gasteiger partial charge in [0.2, 0.25) is 5.91 Å². The van der Waals surface area contributed by atoms with Crippen molar-refractivity contribution in [2.24, 2.45) is 0 Å². The minimum absolute atomic E-state index is 0.00670. The third-order valence-electron chi connectivity index (χ3n) is 9.99. The van der Waals surface area contributed by atoms with E-state index in [1.807, 2.05) is 36.4 Å². The average molecular weight is 687 g/mol. The lowest BCUT2D eigenvalue weighted by molar-refractivity contribution is -0.255. The van der Waals surface area contributed by atoms with E-state index < -0.39 is 18.0 Å². The summed E-state index contributed by atoms with van der Waals surface area (Å²) in [6.45, 7) is 4.40. The number of piperidine rings is 1. The summed E-state index contributed by atoms with van der Waals surface area (Å²) < 4.78 is 25.1. The van der Waals surface area contributed by atoms with Crippen molar-refractivity contribution < 1.29 is 38.7 Å². The first kappa shape index (κ1) is 36.2. The van der Waals surface area contributed by atoms with Gasteiger partial charge in [0.15, 0.2) is 12.1 Å². The lowest BCUT2D eigenvalue weighted by atomic mass is 9.98. The monoisotopic (exact) mass is 686 g/mol. The van der Waals surface area contributed by atoms with Crippen LogP contribution < -0.4 is 5.32 Å². The highest BCUT2D eigenvalue weighted by molar-refractivity contribution is 5.76. The molecule has 3 atom stereocenters. The number of nitrogens with one attached hydrogen (secondary N) is 1. The quantitative estimate of drug-likeness (QED) is 0.159. The van der Waals surface area contributed by atoms with Gasteiger partial charge < -0.3 is 39.4 Å². The maximum atomic E-state index is 12.4. The summed E-state index contributed by atoms with van der Waals surface area (Å²) in [4.78, 5) is 25.5. The van der Waals surface area contributed by atoms with Gasteiger partial charge in [-0.25, -0.2) is 0 Å². The van der Waals surface area contributed by atoms with E-state index in [1.54, 1.807) is 0 Å². The zero-order valence-electron chi connectivity index (χ0n) is 28.8. The molecule has 3 aromatic carbocycles. The summed E-state index contributed by atoms with van der Waals surface area (Å²) in [5, 5.41) is 21.3. The number of benzene rings is 3. The van der Waals surface area contributed by atoms with Crippen molar-refractivity contribution in [1.82, 2.24) is 10.2 Å². The number of carboxylic acids is 1. The van der Waals surface area contributed by atoms with Gasteiger partial charge in [-0.2, -0.15) is 0 Å². The minimum Gasteiger partial charge on any atom is -0.481 e. The van der Waals surface area contributed by atoms with Crippen molar-refractivity contribution in [3.05, 3.63) is 95.1 Å². The number of carbonyl (C=O) groups is 2. The van der Waals surface area contributed by atoms with Crippen LogP contribution in [0.1, 0.15) is 92.4 Å². The van der Waals surface area contributed by atoms with Gasteiger partial charge in [0.25, 0.3) is 0 Å². The topological polar surface area (TPSA) is 127 Å². The molecule has 10 heteroatoms. The molecule has 268 valence electrons. The van der Waals surface area contributed by atoms with E-state index in [0.717, 1.165) is 91.5 Å². The highest BCUT2D eigenvalue weighted by atomic mass is 16.7. The number of ether oxygens (including phenoxy) is 4. The molecule has 3 aliphatic heterocycles. The third-order valence-corrected chi connectivity index (χ3v) is 9.99. The second-order valence-corrected chi connectivity index (χ2v) is 13.7. The SMILES string of the molecule is O=C(O)CCCCCCC(=O)NCc1cccc(-c2ccc(C3OC(CN4CCC5(CC4)OCCO5)CC(c4ccc(CO)cc4)O3)cc2)c1. The zero-order valence-corrected chi connectivity index (χ0v) is 28.8. The number of aliphatic carboxylic acids is 1. The van der Waals surface area contributed by atoms with Crippen molar-refractivity contribution in [1.29, 1.82) is 0 Å². The molecule has 50 heavy (non-hydrogen) atoms. The fourth-order valence-corrected chi connectivity index (χ4v) is 7.08. The number of carbonyl (C=O) groups excluding carboxylic acids is 1. The highest BCUT2D eigenvalue weighted by Gasteiger charge is 2.41. The van der Waals surface area contributed by atoms with Gasteiger partial charge in [-0.05, 0) is 46.7 Å². The van der Waals surface area contributed by atoms with Gasteiger partial charge in [-0.3, -0.25) is 9.59 Å². The van der Waals surface area contributed by atoms with Gasteiger partial charge in [-0.15, -0.1) is 0 Å². The van der Waals surface area contributed by atoms with Crippen molar-refractivity contribution in [3.8, 4) is 11.1 Å². The molecule has 1 amide bonds. The number of hydrogen-bond acceptors (Lipinski definition) is 8. The maximum absolute atomic E-state index is 12.4. The first-order valence-electron chi connectivity index (χ1n) is 18.1. The van der Waals surface area contributed by atoms with E-state index in [4.69, 9.17) is 24.1 Å². The fraction of sp³-hybridized carbons (Fsp3) is 0.500. The van der Waals surface area contributed by atoms with Gasteiger partial charge in [-0.1, -0.05) is 79.6 Å². The summed E-state index contributed by atoms with van der Waals surface area (Å²) in [6.07, 6.45) is 5.47. The van der Waals surface area contributed by atoms with Crippen LogP contribution in [-0.4, -0.2) is 71.7 Å². The Morgan fingerprint density at radius 1 is 0.800 bits per heavy atom. The lowest BCUT2D eigenvalue weighted by Crippen LogP contribution is -2.48. The van der Waals surface area contributed by atoms with Crippen LogP contribution in [0.25, 0.3) is 11.1 Å². The Bertz CT molecular complexity index is 1530. The number of amides is 1. The van der Waals surface area contributed by atoms with Gasteiger partial charge >= 0.3 is 5.97 Å².